The number of carbonyl (C=O) groups excluding carboxylic acids is 1. The van der Waals surface area contributed by atoms with Crippen LogP contribution < -0.4 is 16.8 Å². The molecule has 7 nitrogen and oxygen atoms in total. The number of nitrogens with one attached hydrogen (secondary N) is 1. The summed E-state index contributed by atoms with van der Waals surface area (Å²) in [6.07, 6.45) is 4.43. The average Bonchev–Trinajstić information content (AvgIpc) is 3.22. The Kier molecular flexibility index (Phi) is 7.48. The van der Waals surface area contributed by atoms with Crippen molar-refractivity contribution in [2.75, 3.05) is 6.54 Å². The van der Waals surface area contributed by atoms with Gasteiger partial charge >= 0.3 is 6.18 Å². The molecule has 1 heterocycles. The van der Waals surface area contributed by atoms with E-state index in [9.17, 15) is 18.0 Å². The van der Waals surface area contributed by atoms with Crippen molar-refractivity contribution in [1.29, 1.82) is 0 Å². The van der Waals surface area contributed by atoms with E-state index in [-0.39, 0.29) is 17.5 Å². The topological polar surface area (TPSA) is 111 Å². The molecule has 0 unspecified atom stereocenters. The van der Waals surface area contributed by atoms with Crippen molar-refractivity contribution in [2.45, 2.75) is 50.6 Å². The van der Waals surface area contributed by atoms with Gasteiger partial charge in [0.15, 0.2) is 11.6 Å². The molecule has 182 valence electrons. The Balaban J connectivity index is 1.80. The van der Waals surface area contributed by atoms with Gasteiger partial charge in [-0.05, 0) is 37.5 Å². The van der Waals surface area contributed by atoms with E-state index < -0.39 is 17.2 Å². The third kappa shape index (κ3) is 5.49. The van der Waals surface area contributed by atoms with E-state index in [4.69, 9.17) is 11.5 Å². The lowest BCUT2D eigenvalue weighted by Crippen LogP contribution is -2.42. The molecular weight excluding hydrogens is 445 g/mol. The van der Waals surface area contributed by atoms with Crippen molar-refractivity contribution in [3.05, 3.63) is 71.3 Å². The minimum absolute atomic E-state index is 0.0258. The molecule has 1 aromatic carbocycles. The zero-order chi connectivity index (χ0) is 24.9. The maximum absolute atomic E-state index is 13.0. The van der Waals surface area contributed by atoms with Crippen molar-refractivity contribution in [1.82, 2.24) is 15.1 Å². The smallest absolute Gasteiger partial charge is 0.381 e. The molecule has 0 aliphatic heterocycles. The van der Waals surface area contributed by atoms with E-state index in [1.165, 1.54) is 35.3 Å². The van der Waals surface area contributed by atoms with E-state index >= 15 is 0 Å². The molecule has 1 aromatic heterocycles. The van der Waals surface area contributed by atoms with Gasteiger partial charge in [-0.2, -0.15) is 18.3 Å². The molecular formula is C24H29F3N6O. The first-order valence-electron chi connectivity index (χ1n) is 11.0. The standard InChI is InChI=1S/C24H29F3N6O/c1-3-13-30-20(28)21(29)33-14-19(16(2)32-33)22(34)31-15-23(11-5-4-6-12-23)17-7-9-18(10-8-17)24(25,26)27/h3,7-10,13-14H,1,4-6,11-12,15,28-29H2,2H3,(H,31,34)/b21-20+,30-13?. The van der Waals surface area contributed by atoms with Gasteiger partial charge in [-0.3, -0.25) is 4.79 Å². The molecule has 1 aliphatic rings. The van der Waals surface area contributed by atoms with Crippen LogP contribution in [-0.4, -0.2) is 28.4 Å². The number of halogens is 3. The highest BCUT2D eigenvalue weighted by Gasteiger charge is 2.36. The van der Waals surface area contributed by atoms with E-state index in [1.807, 2.05) is 0 Å². The van der Waals surface area contributed by atoms with Crippen LogP contribution in [-0.2, 0) is 11.6 Å². The third-order valence-corrected chi connectivity index (χ3v) is 6.19. The monoisotopic (exact) mass is 474 g/mol. The van der Waals surface area contributed by atoms with E-state index in [0.29, 0.717) is 17.8 Å². The van der Waals surface area contributed by atoms with Crippen molar-refractivity contribution >= 4 is 17.9 Å². The Morgan fingerprint density at radius 1 is 1.24 bits per heavy atom. The first kappa shape index (κ1) is 25.1. The quantitative estimate of drug-likeness (QED) is 0.525. The largest absolute Gasteiger partial charge is 0.416 e. The fourth-order valence-electron chi connectivity index (χ4n) is 4.28. The number of aromatic nitrogens is 2. The Morgan fingerprint density at radius 2 is 1.88 bits per heavy atom. The molecule has 5 N–H and O–H groups in total. The number of benzene rings is 1. The first-order valence-corrected chi connectivity index (χ1v) is 11.0. The van der Waals surface area contributed by atoms with Gasteiger partial charge in [0.1, 0.15) is 0 Å². The zero-order valence-corrected chi connectivity index (χ0v) is 19.0. The predicted molar refractivity (Wildman–Crippen MR) is 126 cm³/mol. The summed E-state index contributed by atoms with van der Waals surface area (Å²) in [5.74, 6) is -0.256. The molecule has 1 amide bonds. The van der Waals surface area contributed by atoms with Crippen LogP contribution in [0, 0.1) is 6.92 Å². The lowest BCUT2D eigenvalue weighted by molar-refractivity contribution is -0.137. The molecule has 0 spiro atoms. The average molecular weight is 475 g/mol. The number of carbonyl (C=O) groups is 1. The van der Waals surface area contributed by atoms with Crippen LogP contribution in [0.1, 0.15) is 59.3 Å². The van der Waals surface area contributed by atoms with Gasteiger partial charge in [0, 0.05) is 24.4 Å². The first-order chi connectivity index (χ1) is 16.1. The van der Waals surface area contributed by atoms with Crippen molar-refractivity contribution < 1.29 is 18.0 Å². The summed E-state index contributed by atoms with van der Waals surface area (Å²) in [7, 11) is 0. The number of hydrogen-bond acceptors (Lipinski definition) is 5. The minimum Gasteiger partial charge on any atom is -0.381 e. The molecule has 0 saturated heterocycles. The highest BCUT2D eigenvalue weighted by molar-refractivity contribution is 5.95. The zero-order valence-electron chi connectivity index (χ0n) is 19.0. The molecule has 1 fully saturated rings. The van der Waals surface area contributed by atoms with Crippen molar-refractivity contribution in [3.63, 3.8) is 0 Å². The van der Waals surface area contributed by atoms with Crippen LogP contribution in [0.3, 0.4) is 0 Å². The van der Waals surface area contributed by atoms with Crippen LogP contribution in [0.4, 0.5) is 13.2 Å². The Hall–Kier alpha value is -3.56. The molecule has 0 radical (unpaired) electrons. The second-order valence-electron chi connectivity index (χ2n) is 8.46. The van der Waals surface area contributed by atoms with Gasteiger partial charge in [0.2, 0.25) is 0 Å². The molecule has 1 aliphatic carbocycles. The predicted octanol–water partition coefficient (Wildman–Crippen LogP) is 4.10. The van der Waals surface area contributed by atoms with E-state index in [1.54, 1.807) is 6.92 Å². The van der Waals surface area contributed by atoms with Gasteiger partial charge in [-0.15, -0.1) is 0 Å². The van der Waals surface area contributed by atoms with Crippen molar-refractivity contribution in [3.8, 4) is 0 Å². The Bertz CT molecular complexity index is 1090. The number of nitrogens with two attached hydrogens (primary N) is 2. The van der Waals surface area contributed by atoms with Crippen LogP contribution in [0.25, 0.3) is 5.82 Å². The number of aliphatic imine (C=N–C) groups is 1. The number of nitrogens with zero attached hydrogens (tertiary/aromatic N) is 3. The number of aryl methyl sites for hydroxylation is 1. The van der Waals surface area contributed by atoms with Gasteiger partial charge in [0.05, 0.1) is 16.8 Å². The molecule has 2 aromatic rings. The maximum atomic E-state index is 13.0. The lowest BCUT2D eigenvalue weighted by atomic mass is 9.69. The Morgan fingerprint density at radius 3 is 2.47 bits per heavy atom. The van der Waals surface area contributed by atoms with Crippen LogP contribution in [0.15, 0.2) is 53.9 Å². The number of amides is 1. The summed E-state index contributed by atoms with van der Waals surface area (Å²) in [5.41, 5.74) is 12.3. The molecule has 10 heteroatoms. The summed E-state index contributed by atoms with van der Waals surface area (Å²) >= 11 is 0. The fourth-order valence-corrected chi connectivity index (χ4v) is 4.28. The Labute approximate surface area is 196 Å². The SMILES string of the molecule is C=CC=N/C(N)=C(\N)n1cc(C(=O)NCC2(c3ccc(C(F)(F)F)cc3)CCCCC2)c(C)n1. The summed E-state index contributed by atoms with van der Waals surface area (Å²) < 4.78 is 40.3. The molecule has 3 rings (SSSR count). The number of rotatable bonds is 7. The van der Waals surface area contributed by atoms with Gasteiger partial charge < -0.3 is 16.8 Å². The van der Waals surface area contributed by atoms with Crippen molar-refractivity contribution in [2.24, 2.45) is 16.5 Å². The van der Waals surface area contributed by atoms with E-state index in [2.05, 4.69) is 22.0 Å². The number of allylic oxidation sites excluding steroid dienone is 1. The summed E-state index contributed by atoms with van der Waals surface area (Å²) in [5, 5.41) is 7.21. The number of hydrogen-bond donors (Lipinski definition) is 3. The van der Waals surface area contributed by atoms with Gasteiger partial charge in [-0.25, -0.2) is 9.67 Å². The molecule has 0 atom stereocenters. The second-order valence-corrected chi connectivity index (χ2v) is 8.46. The molecule has 0 bridgehead atoms. The van der Waals surface area contributed by atoms with Gasteiger partial charge in [0.25, 0.3) is 5.91 Å². The fraction of sp³-hybridized carbons (Fsp3) is 0.375. The third-order valence-electron chi connectivity index (χ3n) is 6.19. The van der Waals surface area contributed by atoms with Crippen LogP contribution in [0.2, 0.25) is 0 Å². The highest BCUT2D eigenvalue weighted by Crippen LogP contribution is 2.40. The van der Waals surface area contributed by atoms with Crippen LogP contribution in [0.5, 0.6) is 0 Å². The van der Waals surface area contributed by atoms with E-state index in [0.717, 1.165) is 49.8 Å². The maximum Gasteiger partial charge on any atom is 0.416 e. The number of alkyl halides is 3. The summed E-state index contributed by atoms with van der Waals surface area (Å²) in [6.45, 7) is 5.49. The summed E-state index contributed by atoms with van der Waals surface area (Å²) in [6, 6.07) is 5.27. The lowest BCUT2D eigenvalue weighted by Gasteiger charge is -2.38. The molecule has 34 heavy (non-hydrogen) atoms. The van der Waals surface area contributed by atoms with Crippen LogP contribution >= 0.6 is 0 Å². The second kappa shape index (κ2) is 10.1. The summed E-state index contributed by atoms with van der Waals surface area (Å²) in [4.78, 5) is 16.9. The molecule has 1 saturated carbocycles. The highest BCUT2D eigenvalue weighted by atomic mass is 19.4. The normalized spacial score (nSPS) is 16.8. The van der Waals surface area contributed by atoms with Gasteiger partial charge in [-0.1, -0.05) is 44.1 Å². The minimum atomic E-state index is -4.39.